The molecule has 9 heteroatoms. The molecule has 3 aromatic rings. The number of amides is 1. The van der Waals surface area contributed by atoms with Gasteiger partial charge in [0.1, 0.15) is 5.69 Å². The second-order valence-corrected chi connectivity index (χ2v) is 7.03. The Morgan fingerprint density at radius 3 is 2.74 bits per heavy atom. The number of carbonyl (C=O) groups is 1. The summed E-state index contributed by atoms with van der Waals surface area (Å²) in [6, 6.07) is 7.58. The van der Waals surface area contributed by atoms with Crippen molar-refractivity contribution in [2.24, 2.45) is 0 Å². The van der Waals surface area contributed by atoms with Gasteiger partial charge in [0.25, 0.3) is 5.56 Å². The van der Waals surface area contributed by atoms with Crippen LogP contribution in [0.25, 0.3) is 4.96 Å². The normalized spacial score (nSPS) is 10.9. The minimum absolute atomic E-state index is 0.132. The van der Waals surface area contributed by atoms with Gasteiger partial charge in [-0.15, -0.1) is 15.3 Å². The van der Waals surface area contributed by atoms with Gasteiger partial charge in [-0.1, -0.05) is 40.8 Å². The van der Waals surface area contributed by atoms with E-state index >= 15 is 0 Å². The third kappa shape index (κ3) is 3.57. The zero-order valence-corrected chi connectivity index (χ0v) is 14.1. The van der Waals surface area contributed by atoms with Crippen LogP contribution in [0.4, 0.5) is 5.69 Å². The first-order valence-electron chi connectivity index (χ1n) is 6.75. The number of nitrogens with zero attached hydrogens (tertiary/aromatic N) is 4. The molecule has 1 amide bonds. The molecule has 0 aliphatic carbocycles. The third-order valence-electron chi connectivity index (χ3n) is 2.99. The average molecular weight is 347 g/mol. The van der Waals surface area contributed by atoms with Gasteiger partial charge in [0.2, 0.25) is 10.9 Å². The van der Waals surface area contributed by atoms with Crippen molar-refractivity contribution >= 4 is 39.7 Å². The lowest BCUT2D eigenvalue weighted by atomic mass is 10.2. The van der Waals surface area contributed by atoms with Gasteiger partial charge in [0.15, 0.2) is 4.34 Å². The number of fused-ring (bicyclic) bond motifs is 1. The van der Waals surface area contributed by atoms with Crippen molar-refractivity contribution in [3.63, 3.8) is 0 Å². The molecule has 0 bridgehead atoms. The van der Waals surface area contributed by atoms with Gasteiger partial charge in [0.05, 0.1) is 5.75 Å². The van der Waals surface area contributed by atoms with Crippen molar-refractivity contribution in [1.29, 1.82) is 0 Å². The number of aromatic nitrogens is 4. The van der Waals surface area contributed by atoms with Gasteiger partial charge in [0, 0.05) is 5.69 Å². The summed E-state index contributed by atoms with van der Waals surface area (Å²) in [4.78, 5) is 24.2. The number of hydrogen-bond acceptors (Lipinski definition) is 7. The van der Waals surface area contributed by atoms with Crippen LogP contribution < -0.4 is 10.9 Å². The highest BCUT2D eigenvalue weighted by molar-refractivity contribution is 8.01. The monoisotopic (exact) mass is 347 g/mol. The summed E-state index contributed by atoms with van der Waals surface area (Å²) < 4.78 is 1.81. The minimum atomic E-state index is -0.290. The molecular weight excluding hydrogens is 334 g/mol. The standard InChI is InChI=1S/C14H13N5O2S2/c1-8-3-5-10(6-4-8)15-11(20)7-22-14-18-19-12(21)9(2)16-17-13(19)23-14/h3-6H,7H2,1-2H3,(H,15,20). The van der Waals surface area contributed by atoms with E-state index in [1.807, 2.05) is 31.2 Å². The van der Waals surface area contributed by atoms with Gasteiger partial charge in [-0.3, -0.25) is 9.59 Å². The molecule has 0 unspecified atom stereocenters. The van der Waals surface area contributed by atoms with E-state index in [1.54, 1.807) is 6.92 Å². The molecule has 7 nitrogen and oxygen atoms in total. The molecule has 1 N–H and O–H groups in total. The Bertz CT molecular complexity index is 917. The van der Waals surface area contributed by atoms with Crippen LogP contribution in [-0.4, -0.2) is 31.5 Å². The number of benzene rings is 1. The van der Waals surface area contributed by atoms with Gasteiger partial charge in [-0.2, -0.15) is 4.52 Å². The van der Waals surface area contributed by atoms with Crippen LogP contribution in [0, 0.1) is 13.8 Å². The van der Waals surface area contributed by atoms with E-state index < -0.39 is 0 Å². The van der Waals surface area contributed by atoms with Crippen LogP contribution in [0.1, 0.15) is 11.3 Å². The van der Waals surface area contributed by atoms with Crippen LogP contribution >= 0.6 is 23.1 Å². The minimum Gasteiger partial charge on any atom is -0.325 e. The van der Waals surface area contributed by atoms with E-state index in [9.17, 15) is 9.59 Å². The number of hydrogen-bond donors (Lipinski definition) is 1. The van der Waals surface area contributed by atoms with Gasteiger partial charge in [-0.05, 0) is 26.0 Å². The smallest absolute Gasteiger partial charge is 0.296 e. The Hall–Kier alpha value is -2.26. The largest absolute Gasteiger partial charge is 0.325 e. The Morgan fingerprint density at radius 1 is 1.26 bits per heavy atom. The second-order valence-electron chi connectivity index (χ2n) is 4.86. The fourth-order valence-electron chi connectivity index (χ4n) is 1.79. The maximum atomic E-state index is 12.0. The second kappa shape index (κ2) is 6.47. The zero-order chi connectivity index (χ0) is 16.4. The molecule has 0 saturated carbocycles. The molecule has 0 saturated heterocycles. The lowest BCUT2D eigenvalue weighted by Gasteiger charge is -2.04. The van der Waals surface area contributed by atoms with Crippen molar-refractivity contribution in [2.75, 3.05) is 11.1 Å². The maximum absolute atomic E-state index is 12.0. The SMILES string of the molecule is Cc1ccc(NC(=O)CSc2nn3c(=O)c(C)nnc3s2)cc1. The molecule has 118 valence electrons. The molecule has 0 spiro atoms. The predicted molar refractivity (Wildman–Crippen MR) is 90.2 cm³/mol. The summed E-state index contributed by atoms with van der Waals surface area (Å²) in [5, 5.41) is 14.7. The Morgan fingerprint density at radius 2 is 2.00 bits per heavy atom. The predicted octanol–water partition coefficient (Wildman–Crippen LogP) is 1.89. The fraction of sp³-hybridized carbons (Fsp3) is 0.214. The van der Waals surface area contributed by atoms with Crippen molar-refractivity contribution in [1.82, 2.24) is 19.8 Å². The van der Waals surface area contributed by atoms with E-state index in [2.05, 4.69) is 20.6 Å². The van der Waals surface area contributed by atoms with Crippen LogP contribution in [0.3, 0.4) is 0 Å². The van der Waals surface area contributed by atoms with Crippen LogP contribution in [0.5, 0.6) is 0 Å². The van der Waals surface area contributed by atoms with E-state index in [-0.39, 0.29) is 17.2 Å². The molecule has 0 fully saturated rings. The van der Waals surface area contributed by atoms with E-state index in [1.165, 1.54) is 27.6 Å². The average Bonchev–Trinajstić information content (AvgIpc) is 2.95. The number of thioether (sulfide) groups is 1. The van der Waals surface area contributed by atoms with Gasteiger partial charge < -0.3 is 5.32 Å². The molecule has 0 atom stereocenters. The van der Waals surface area contributed by atoms with Crippen LogP contribution in [0.2, 0.25) is 0 Å². The zero-order valence-electron chi connectivity index (χ0n) is 12.4. The molecule has 2 aromatic heterocycles. The molecule has 2 heterocycles. The Kier molecular flexibility index (Phi) is 4.39. The Balaban J connectivity index is 1.66. The topological polar surface area (TPSA) is 89.3 Å². The number of carbonyl (C=O) groups excluding carboxylic acids is 1. The number of rotatable bonds is 4. The van der Waals surface area contributed by atoms with Crippen molar-refractivity contribution < 1.29 is 4.79 Å². The molecule has 0 radical (unpaired) electrons. The molecule has 23 heavy (non-hydrogen) atoms. The summed E-state index contributed by atoms with van der Waals surface area (Å²) in [5.74, 6) is 0.0715. The van der Waals surface area contributed by atoms with Gasteiger partial charge >= 0.3 is 0 Å². The first kappa shape index (κ1) is 15.6. The lowest BCUT2D eigenvalue weighted by Crippen LogP contribution is -2.19. The highest BCUT2D eigenvalue weighted by Crippen LogP contribution is 2.23. The highest BCUT2D eigenvalue weighted by atomic mass is 32.2. The summed E-state index contributed by atoms with van der Waals surface area (Å²) in [6.45, 7) is 3.57. The van der Waals surface area contributed by atoms with Crippen molar-refractivity contribution in [2.45, 2.75) is 18.2 Å². The third-order valence-corrected chi connectivity index (χ3v) is 5.02. The van der Waals surface area contributed by atoms with E-state index in [0.717, 1.165) is 11.3 Å². The summed E-state index contributed by atoms with van der Waals surface area (Å²) in [7, 11) is 0. The highest BCUT2D eigenvalue weighted by Gasteiger charge is 2.11. The molecule has 0 aliphatic rings. The number of aryl methyl sites for hydroxylation is 2. The first-order chi connectivity index (χ1) is 11.0. The summed E-state index contributed by atoms with van der Waals surface area (Å²) >= 11 is 2.49. The first-order valence-corrected chi connectivity index (χ1v) is 8.55. The fourth-order valence-corrected chi connectivity index (χ4v) is 3.47. The summed E-state index contributed by atoms with van der Waals surface area (Å²) in [5.41, 5.74) is 1.89. The lowest BCUT2D eigenvalue weighted by molar-refractivity contribution is -0.113. The maximum Gasteiger partial charge on any atom is 0.296 e. The quantitative estimate of drug-likeness (QED) is 0.725. The van der Waals surface area contributed by atoms with E-state index in [0.29, 0.717) is 15.0 Å². The molecule has 0 aliphatic heterocycles. The van der Waals surface area contributed by atoms with E-state index in [4.69, 9.17) is 0 Å². The summed E-state index contributed by atoms with van der Waals surface area (Å²) in [6.07, 6.45) is 0. The Labute approximate surface area is 139 Å². The molecule has 1 aromatic carbocycles. The number of nitrogens with one attached hydrogen (secondary N) is 1. The molecular formula is C14H13N5O2S2. The van der Waals surface area contributed by atoms with Gasteiger partial charge in [-0.25, -0.2) is 0 Å². The van der Waals surface area contributed by atoms with Crippen molar-refractivity contribution in [3.8, 4) is 0 Å². The van der Waals surface area contributed by atoms with Crippen molar-refractivity contribution in [3.05, 3.63) is 45.9 Å². The molecule has 3 rings (SSSR count). The number of anilines is 1. The van der Waals surface area contributed by atoms with Crippen LogP contribution in [-0.2, 0) is 4.79 Å². The van der Waals surface area contributed by atoms with Crippen LogP contribution in [0.15, 0.2) is 33.4 Å².